The minimum Gasteiger partial charge on any atom is -0.504 e. The Morgan fingerprint density at radius 3 is 2.49 bits per heavy atom. The Balaban J connectivity index is 1.02. The fourth-order valence-electron chi connectivity index (χ4n) is 15.8. The van der Waals surface area contributed by atoms with Crippen LogP contribution in [-0.2, 0) is 36.6 Å². The summed E-state index contributed by atoms with van der Waals surface area (Å²) in [5.74, 6) is -1.17. The third-order valence-corrected chi connectivity index (χ3v) is 19.1. The number of phenols is 1. The van der Waals surface area contributed by atoms with E-state index in [1.165, 1.54) is 19.3 Å². The molecule has 18 atom stereocenters. The monoisotopic (exact) mass is 1000 g/mol. The van der Waals surface area contributed by atoms with Crippen LogP contribution < -0.4 is 10.1 Å². The Morgan fingerprint density at radius 2 is 1.75 bits per heavy atom. The maximum Gasteiger partial charge on any atom is 0.334 e. The van der Waals surface area contributed by atoms with Crippen molar-refractivity contribution < 1.29 is 64.3 Å². The largest absolute Gasteiger partial charge is 0.504 e. The highest BCUT2D eigenvalue weighted by molar-refractivity contribution is 5.94. The van der Waals surface area contributed by atoms with Gasteiger partial charge in [-0.3, -0.25) is 4.79 Å². The predicted molar refractivity (Wildman–Crippen MR) is 269 cm³/mol. The van der Waals surface area contributed by atoms with Gasteiger partial charge in [0.25, 0.3) is 0 Å². The van der Waals surface area contributed by atoms with Gasteiger partial charge in [0.05, 0.1) is 25.4 Å². The van der Waals surface area contributed by atoms with Crippen molar-refractivity contribution in [3.63, 3.8) is 0 Å². The molecule has 10 rings (SSSR count). The van der Waals surface area contributed by atoms with Crippen LogP contribution >= 0.6 is 0 Å². The molecule has 8 N–H and O–H groups in total. The van der Waals surface area contributed by atoms with Crippen molar-refractivity contribution in [3.8, 4) is 11.5 Å². The molecule has 18 unspecified atom stereocenters. The van der Waals surface area contributed by atoms with Crippen molar-refractivity contribution >= 4 is 18.0 Å². The standard InChI is InChI=1S/C58H81NO13/c1-31(2)40-12-14-45-41-13-15-46-51(65)42(40)18-21-57(45,46)39(24-32(41)3)11-17-50(64)70-54-52(66)53-47(59-29-33(4)62)19-22-58(68,72-53)55(54)71-56(67)38(25-35-7-16-48(63)49(27-35)69-5)28-44-37(30-61)10-9-36-8-6-34(20-23-60)26-43(36)44/h6-8,16,19,22,25-27,31-33,37,39-42,44-47,51-55,59-63,65-66,68H,9-15,17-18,20-21,23-24,28-30H2,1-5H3. The summed E-state index contributed by atoms with van der Waals surface area (Å²) < 4.78 is 24.3. The van der Waals surface area contributed by atoms with E-state index in [0.29, 0.717) is 54.4 Å². The van der Waals surface area contributed by atoms with E-state index in [1.807, 2.05) is 18.2 Å². The fraction of sp³-hybridized carbons (Fsp3) is 0.690. The topological polar surface area (TPSA) is 225 Å². The SMILES string of the molecule is COc1cc(C=C(CC2c3cc(CCO)ccc3CCC2CO)C(=O)OC2C(OC(=O)CCC3CC(C)C4CCC5C(O)C6CCC35C4CCC6C(C)C)C(O)C3OC2(O)C=CC3NCC(C)O)ccc1O. The van der Waals surface area contributed by atoms with Crippen molar-refractivity contribution in [3.05, 3.63) is 76.4 Å². The number of aryl methyl sites for hydroxylation is 1. The Morgan fingerprint density at radius 1 is 0.958 bits per heavy atom. The first-order valence-corrected chi connectivity index (χ1v) is 27.2. The molecule has 2 aromatic rings. The number of aliphatic hydroxyl groups excluding tert-OH is 5. The lowest BCUT2D eigenvalue weighted by molar-refractivity contribution is -0.333. The van der Waals surface area contributed by atoms with Crippen LogP contribution in [0.3, 0.4) is 0 Å². The third-order valence-electron chi connectivity index (χ3n) is 19.1. The number of fused-ring (bicyclic) bond motifs is 6. The maximum absolute atomic E-state index is 15.1. The van der Waals surface area contributed by atoms with Crippen LogP contribution in [0.25, 0.3) is 6.08 Å². The molecular weight excluding hydrogens is 919 g/mol. The summed E-state index contributed by atoms with van der Waals surface area (Å²) >= 11 is 0. The highest BCUT2D eigenvalue weighted by Crippen LogP contribution is 2.69. The first-order valence-electron chi connectivity index (χ1n) is 27.2. The molecule has 6 aliphatic carbocycles. The first-order chi connectivity index (χ1) is 34.5. The minimum absolute atomic E-state index is 0.0283. The number of aromatic hydroxyl groups is 1. The predicted octanol–water partition coefficient (Wildman–Crippen LogP) is 6.13. The number of methoxy groups -OCH3 is 1. The van der Waals surface area contributed by atoms with Crippen molar-refractivity contribution in [1.82, 2.24) is 5.32 Å². The van der Waals surface area contributed by atoms with Gasteiger partial charge in [0.1, 0.15) is 12.2 Å². The molecule has 396 valence electrons. The number of phenolic OH excluding ortho intramolecular Hbond substituents is 1. The summed E-state index contributed by atoms with van der Waals surface area (Å²) in [4.78, 5) is 29.6. The number of aliphatic hydroxyl groups is 6. The van der Waals surface area contributed by atoms with Gasteiger partial charge >= 0.3 is 11.9 Å². The van der Waals surface area contributed by atoms with Crippen LogP contribution in [0.2, 0.25) is 0 Å². The lowest BCUT2D eigenvalue weighted by Crippen LogP contribution is -2.71. The summed E-state index contributed by atoms with van der Waals surface area (Å²) in [5, 5.41) is 81.3. The van der Waals surface area contributed by atoms with Gasteiger partial charge in [-0.1, -0.05) is 51.1 Å². The van der Waals surface area contributed by atoms with Crippen molar-refractivity contribution in [2.24, 2.45) is 58.7 Å². The smallest absolute Gasteiger partial charge is 0.334 e. The number of hydrogen-bond acceptors (Lipinski definition) is 14. The van der Waals surface area contributed by atoms with Gasteiger partial charge in [-0.2, -0.15) is 0 Å². The van der Waals surface area contributed by atoms with E-state index >= 15 is 4.79 Å². The number of esters is 2. The first kappa shape index (κ1) is 53.0. The number of nitrogens with one attached hydrogen (secondary N) is 1. The van der Waals surface area contributed by atoms with Gasteiger partial charge in [-0.05, 0) is 195 Å². The average Bonchev–Trinajstić information content (AvgIpc) is 3.34. The second-order valence-corrected chi connectivity index (χ2v) is 23.3. The molecule has 0 amide bonds. The molecule has 7 bridgehead atoms. The van der Waals surface area contributed by atoms with Crippen LogP contribution in [0.4, 0.5) is 0 Å². The summed E-state index contributed by atoms with van der Waals surface area (Å²) in [7, 11) is 1.42. The highest BCUT2D eigenvalue weighted by atomic mass is 16.7. The summed E-state index contributed by atoms with van der Waals surface area (Å²) in [6.07, 6.45) is 7.21. The van der Waals surface area contributed by atoms with Gasteiger partial charge < -0.3 is 60.0 Å². The highest BCUT2D eigenvalue weighted by Gasteiger charge is 2.65. The van der Waals surface area contributed by atoms with Crippen LogP contribution in [0.1, 0.15) is 126 Å². The Bertz CT molecular complexity index is 2320. The summed E-state index contributed by atoms with van der Waals surface area (Å²) in [6.45, 7) is 8.52. The van der Waals surface area contributed by atoms with E-state index in [-0.39, 0.29) is 90.8 Å². The van der Waals surface area contributed by atoms with Gasteiger partial charge in [-0.15, -0.1) is 0 Å². The van der Waals surface area contributed by atoms with Gasteiger partial charge in [-0.25, -0.2) is 4.79 Å². The number of carbonyl (C=O) groups excluding carboxylic acids is 2. The molecule has 14 nitrogen and oxygen atoms in total. The number of ether oxygens (including phenoxy) is 4. The lowest BCUT2D eigenvalue weighted by Gasteiger charge is -2.68. The van der Waals surface area contributed by atoms with E-state index < -0.39 is 54.3 Å². The van der Waals surface area contributed by atoms with Crippen molar-refractivity contribution in [2.45, 2.75) is 166 Å². The maximum atomic E-state index is 15.1. The molecular formula is C58H81NO13. The fourth-order valence-corrected chi connectivity index (χ4v) is 15.8. The Kier molecular flexibility index (Phi) is 16.0. The molecule has 6 fully saturated rings. The molecule has 0 aromatic heterocycles. The zero-order chi connectivity index (χ0) is 51.2. The average molecular weight is 1000 g/mol. The zero-order valence-corrected chi connectivity index (χ0v) is 42.9. The molecule has 2 aliphatic heterocycles. The second kappa shape index (κ2) is 21.8. The Labute approximate surface area is 425 Å². The van der Waals surface area contributed by atoms with Crippen molar-refractivity contribution in [2.75, 3.05) is 26.9 Å². The van der Waals surface area contributed by atoms with Crippen molar-refractivity contribution in [1.29, 1.82) is 0 Å². The number of carbonyl (C=O) groups is 2. The van der Waals surface area contributed by atoms with E-state index in [2.05, 4.69) is 26.1 Å². The quantitative estimate of drug-likeness (QED) is 0.0508. The van der Waals surface area contributed by atoms with Gasteiger partial charge in [0.15, 0.2) is 23.7 Å². The van der Waals surface area contributed by atoms with E-state index in [4.69, 9.17) is 18.9 Å². The molecule has 1 saturated heterocycles. The number of rotatable bonds is 17. The molecule has 5 saturated carbocycles. The lowest BCUT2D eigenvalue weighted by atomic mass is 9.37. The number of benzene rings is 2. The second-order valence-electron chi connectivity index (χ2n) is 23.3. The van der Waals surface area contributed by atoms with E-state index in [9.17, 15) is 40.5 Å². The molecule has 2 aromatic carbocycles. The van der Waals surface area contributed by atoms with Gasteiger partial charge in [0.2, 0.25) is 5.79 Å². The van der Waals surface area contributed by atoms with E-state index in [1.54, 1.807) is 31.2 Å². The molecule has 2 heterocycles. The Hall–Kier alpha value is -3.86. The molecule has 72 heavy (non-hydrogen) atoms. The molecule has 14 heteroatoms. The third kappa shape index (κ3) is 10.0. The zero-order valence-electron chi connectivity index (χ0n) is 42.9. The van der Waals surface area contributed by atoms with E-state index in [0.717, 1.165) is 68.1 Å². The molecule has 1 spiro atoms. The minimum atomic E-state index is -2.35. The van der Waals surface area contributed by atoms with Crippen LogP contribution in [0.15, 0.2) is 54.1 Å². The van der Waals surface area contributed by atoms with Crippen LogP contribution in [0.5, 0.6) is 11.5 Å². The normalized spacial score (nSPS) is 38.3. The van der Waals surface area contributed by atoms with Crippen LogP contribution in [-0.4, -0.2) is 123 Å². The van der Waals surface area contributed by atoms with Crippen LogP contribution in [0, 0.1) is 58.7 Å². The summed E-state index contributed by atoms with van der Waals surface area (Å²) in [5.41, 5.74) is 3.48. The molecule has 8 aliphatic rings. The van der Waals surface area contributed by atoms with Gasteiger partial charge in [0, 0.05) is 31.8 Å². The summed E-state index contributed by atoms with van der Waals surface area (Å²) in [6, 6.07) is 9.97. The molecule has 0 radical (unpaired) electrons. The number of hydrogen-bond donors (Lipinski definition) is 8.